The van der Waals surface area contributed by atoms with Gasteiger partial charge in [0.25, 0.3) is 0 Å². The molecule has 1 aliphatic rings. The zero-order valence-electron chi connectivity index (χ0n) is 16.1. The van der Waals surface area contributed by atoms with Gasteiger partial charge in [-0.05, 0) is 49.9 Å². The fraction of sp³-hybridized carbons (Fsp3) is 0.364. The Hall–Kier alpha value is -2.82. The average Bonchev–Trinajstić information content (AvgIpc) is 2.92. The van der Waals surface area contributed by atoms with Crippen LogP contribution in [0.3, 0.4) is 0 Å². The lowest BCUT2D eigenvalue weighted by Gasteiger charge is -2.22. The van der Waals surface area contributed by atoms with Crippen molar-refractivity contribution in [3.05, 3.63) is 59.7 Å². The second kappa shape index (κ2) is 7.43. The third-order valence-corrected chi connectivity index (χ3v) is 4.44. The standard InChI is InChI=1S/C22H25NO4/c1-14(20(24)27-22(2,3)4)23-21(25)26-13-19-17-11-7-5-9-15(17)16-10-6-8-12-18(16)19/h5-12,14,19H,13H2,1-4H3,(H,23,25). The normalized spacial score (nSPS) is 14.1. The summed E-state index contributed by atoms with van der Waals surface area (Å²) in [7, 11) is 0. The zero-order valence-corrected chi connectivity index (χ0v) is 16.1. The number of hydrogen-bond donors (Lipinski definition) is 1. The summed E-state index contributed by atoms with van der Waals surface area (Å²) in [5, 5.41) is 2.54. The van der Waals surface area contributed by atoms with E-state index in [1.807, 2.05) is 24.3 Å². The highest BCUT2D eigenvalue weighted by Gasteiger charge is 2.29. The van der Waals surface area contributed by atoms with Crippen LogP contribution >= 0.6 is 0 Å². The Labute approximate surface area is 159 Å². The second-order valence-electron chi connectivity index (χ2n) is 7.73. The van der Waals surface area contributed by atoms with Crippen LogP contribution < -0.4 is 5.32 Å². The molecule has 2 aromatic rings. The van der Waals surface area contributed by atoms with E-state index in [4.69, 9.17) is 9.47 Å². The Bertz CT molecular complexity index is 808. The first-order valence-electron chi connectivity index (χ1n) is 9.10. The van der Waals surface area contributed by atoms with Crippen LogP contribution in [-0.2, 0) is 14.3 Å². The van der Waals surface area contributed by atoms with Crippen LogP contribution in [0.1, 0.15) is 44.7 Å². The SMILES string of the molecule is CC(NC(=O)OCC1c2ccccc2-c2ccccc21)C(=O)OC(C)(C)C. The van der Waals surface area contributed by atoms with Gasteiger partial charge in [0.1, 0.15) is 18.2 Å². The predicted molar refractivity (Wildman–Crippen MR) is 104 cm³/mol. The first-order chi connectivity index (χ1) is 12.8. The maximum atomic E-state index is 12.2. The van der Waals surface area contributed by atoms with Gasteiger partial charge >= 0.3 is 12.1 Å². The number of alkyl carbamates (subject to hydrolysis) is 1. The molecule has 0 aliphatic heterocycles. The van der Waals surface area contributed by atoms with Crippen molar-refractivity contribution in [1.82, 2.24) is 5.32 Å². The lowest BCUT2D eigenvalue weighted by Crippen LogP contribution is -2.42. The smallest absolute Gasteiger partial charge is 0.407 e. The molecule has 1 aliphatic carbocycles. The number of hydrogen-bond acceptors (Lipinski definition) is 4. The van der Waals surface area contributed by atoms with Crippen molar-refractivity contribution in [2.24, 2.45) is 0 Å². The third kappa shape index (κ3) is 4.30. The van der Waals surface area contributed by atoms with E-state index in [0.717, 1.165) is 11.1 Å². The Morgan fingerprint density at radius 1 is 1.00 bits per heavy atom. The summed E-state index contributed by atoms with van der Waals surface area (Å²) >= 11 is 0. The maximum absolute atomic E-state index is 12.2. The zero-order chi connectivity index (χ0) is 19.6. The third-order valence-electron chi connectivity index (χ3n) is 4.44. The molecule has 5 nitrogen and oxygen atoms in total. The molecule has 0 saturated carbocycles. The number of esters is 1. The topological polar surface area (TPSA) is 64.6 Å². The minimum atomic E-state index is -0.778. The fourth-order valence-electron chi connectivity index (χ4n) is 3.27. The van der Waals surface area contributed by atoms with Crippen LogP contribution in [-0.4, -0.2) is 30.3 Å². The highest BCUT2D eigenvalue weighted by atomic mass is 16.6. The van der Waals surface area contributed by atoms with Gasteiger partial charge in [-0.1, -0.05) is 48.5 Å². The number of carbonyl (C=O) groups excluding carboxylic acids is 2. The Morgan fingerprint density at radius 3 is 2.04 bits per heavy atom. The highest BCUT2D eigenvalue weighted by Crippen LogP contribution is 2.44. The van der Waals surface area contributed by atoms with Crippen LogP contribution in [0.15, 0.2) is 48.5 Å². The molecule has 0 saturated heterocycles. The molecule has 0 spiro atoms. The van der Waals surface area contributed by atoms with Gasteiger partial charge in [0, 0.05) is 5.92 Å². The van der Waals surface area contributed by atoms with Gasteiger partial charge in [-0.2, -0.15) is 0 Å². The molecule has 0 radical (unpaired) electrons. The summed E-state index contributed by atoms with van der Waals surface area (Å²) in [5.74, 6) is -0.504. The number of amides is 1. The van der Waals surface area contributed by atoms with Gasteiger partial charge in [-0.15, -0.1) is 0 Å². The van der Waals surface area contributed by atoms with Crippen molar-refractivity contribution in [1.29, 1.82) is 0 Å². The summed E-state index contributed by atoms with van der Waals surface area (Å²) in [4.78, 5) is 24.2. The molecule has 3 rings (SSSR count). The molecule has 0 bridgehead atoms. The highest BCUT2D eigenvalue weighted by molar-refractivity contribution is 5.81. The molecule has 142 valence electrons. The molecule has 0 aromatic heterocycles. The number of ether oxygens (including phenoxy) is 2. The molecule has 0 fully saturated rings. The maximum Gasteiger partial charge on any atom is 0.407 e. The van der Waals surface area contributed by atoms with E-state index in [1.165, 1.54) is 11.1 Å². The van der Waals surface area contributed by atoms with Gasteiger partial charge in [0.15, 0.2) is 0 Å². The van der Waals surface area contributed by atoms with E-state index in [-0.39, 0.29) is 12.5 Å². The lowest BCUT2D eigenvalue weighted by molar-refractivity contribution is -0.156. The summed E-state index contributed by atoms with van der Waals surface area (Å²) in [6.45, 7) is 7.14. The molecule has 5 heteroatoms. The molecule has 0 heterocycles. The first kappa shape index (κ1) is 19.0. The van der Waals surface area contributed by atoms with E-state index in [0.29, 0.717) is 0 Å². The van der Waals surface area contributed by atoms with Crippen LogP contribution in [0.4, 0.5) is 4.79 Å². The Morgan fingerprint density at radius 2 is 1.52 bits per heavy atom. The van der Waals surface area contributed by atoms with E-state index in [2.05, 4.69) is 29.6 Å². The molecule has 1 unspecified atom stereocenters. The number of benzene rings is 2. The summed E-state index contributed by atoms with van der Waals surface area (Å²) < 4.78 is 10.7. The van der Waals surface area contributed by atoms with Gasteiger partial charge < -0.3 is 14.8 Å². The second-order valence-corrected chi connectivity index (χ2v) is 7.73. The number of nitrogens with one attached hydrogen (secondary N) is 1. The molecule has 1 atom stereocenters. The molecule has 27 heavy (non-hydrogen) atoms. The summed E-state index contributed by atoms with van der Waals surface area (Å²) in [6.07, 6.45) is -0.629. The van der Waals surface area contributed by atoms with Gasteiger partial charge in [-0.3, -0.25) is 0 Å². The molecule has 1 amide bonds. The fourth-order valence-corrected chi connectivity index (χ4v) is 3.27. The molecular weight excluding hydrogens is 342 g/mol. The average molecular weight is 367 g/mol. The van der Waals surface area contributed by atoms with Gasteiger partial charge in [0.05, 0.1) is 0 Å². The van der Waals surface area contributed by atoms with Crippen LogP contribution in [0.25, 0.3) is 11.1 Å². The number of fused-ring (bicyclic) bond motifs is 3. The van der Waals surface area contributed by atoms with E-state index in [1.54, 1.807) is 27.7 Å². The van der Waals surface area contributed by atoms with Crippen LogP contribution in [0.5, 0.6) is 0 Å². The monoisotopic (exact) mass is 367 g/mol. The lowest BCUT2D eigenvalue weighted by atomic mass is 9.98. The van der Waals surface area contributed by atoms with Crippen molar-refractivity contribution in [2.75, 3.05) is 6.61 Å². The van der Waals surface area contributed by atoms with E-state index < -0.39 is 23.7 Å². The number of carbonyl (C=O) groups is 2. The number of rotatable bonds is 4. The summed E-state index contributed by atoms with van der Waals surface area (Å²) in [5.41, 5.74) is 4.03. The first-order valence-corrected chi connectivity index (χ1v) is 9.10. The Kier molecular flexibility index (Phi) is 5.22. The Balaban J connectivity index is 1.63. The van der Waals surface area contributed by atoms with E-state index >= 15 is 0 Å². The minimum absolute atomic E-state index is 0.0139. The van der Waals surface area contributed by atoms with Gasteiger partial charge in [-0.25, -0.2) is 9.59 Å². The largest absolute Gasteiger partial charge is 0.458 e. The molecule has 1 N–H and O–H groups in total. The van der Waals surface area contributed by atoms with Gasteiger partial charge in [0.2, 0.25) is 0 Å². The van der Waals surface area contributed by atoms with Crippen molar-refractivity contribution < 1.29 is 19.1 Å². The van der Waals surface area contributed by atoms with Crippen LogP contribution in [0, 0.1) is 0 Å². The minimum Gasteiger partial charge on any atom is -0.458 e. The van der Waals surface area contributed by atoms with Crippen molar-refractivity contribution >= 4 is 12.1 Å². The summed E-state index contributed by atoms with van der Waals surface area (Å²) in [6, 6.07) is 15.5. The van der Waals surface area contributed by atoms with Crippen molar-refractivity contribution in [3.63, 3.8) is 0 Å². The van der Waals surface area contributed by atoms with Crippen LogP contribution in [0.2, 0.25) is 0 Å². The molecular formula is C22H25NO4. The van der Waals surface area contributed by atoms with E-state index in [9.17, 15) is 9.59 Å². The predicted octanol–water partition coefficient (Wildman–Crippen LogP) is 4.26. The quantitative estimate of drug-likeness (QED) is 0.820. The molecule has 2 aromatic carbocycles. The van der Waals surface area contributed by atoms with Crippen molar-refractivity contribution in [2.45, 2.75) is 45.3 Å². The van der Waals surface area contributed by atoms with Crippen molar-refractivity contribution in [3.8, 4) is 11.1 Å².